The minimum atomic E-state index is -0.0658. The van der Waals surface area contributed by atoms with E-state index in [2.05, 4.69) is 27.3 Å². The van der Waals surface area contributed by atoms with E-state index in [0.717, 1.165) is 46.8 Å². The average Bonchev–Trinajstić information content (AvgIpc) is 2.68. The molecule has 1 N–H and O–H groups in total. The average molecular weight is 346 g/mol. The quantitative estimate of drug-likeness (QED) is 0.770. The Bertz CT molecular complexity index is 930. The second kappa shape index (κ2) is 7.12. The summed E-state index contributed by atoms with van der Waals surface area (Å²) < 4.78 is 0. The number of hydrogen-bond acceptors (Lipinski definition) is 4. The molecule has 4 rings (SSSR count). The Kier molecular flexibility index (Phi) is 4.52. The van der Waals surface area contributed by atoms with Gasteiger partial charge in [-0.05, 0) is 54.7 Å². The molecule has 1 fully saturated rings. The summed E-state index contributed by atoms with van der Waals surface area (Å²) in [7, 11) is 0. The van der Waals surface area contributed by atoms with E-state index in [1.807, 2.05) is 36.5 Å². The summed E-state index contributed by atoms with van der Waals surface area (Å²) in [6, 6.07) is 14.0. The summed E-state index contributed by atoms with van der Waals surface area (Å²) in [6.45, 7) is 3.63. The minimum Gasteiger partial charge on any atom is -0.355 e. The zero-order valence-corrected chi connectivity index (χ0v) is 14.9. The number of anilines is 2. The van der Waals surface area contributed by atoms with Gasteiger partial charge < -0.3 is 10.2 Å². The van der Waals surface area contributed by atoms with Crippen LogP contribution in [0.1, 0.15) is 26.2 Å². The highest BCUT2D eigenvalue weighted by atomic mass is 16.1. The van der Waals surface area contributed by atoms with Crippen LogP contribution in [0.3, 0.4) is 0 Å². The van der Waals surface area contributed by atoms with Crippen molar-refractivity contribution in [2.45, 2.75) is 26.2 Å². The summed E-state index contributed by atoms with van der Waals surface area (Å²) >= 11 is 0. The molecule has 0 aliphatic carbocycles. The van der Waals surface area contributed by atoms with Gasteiger partial charge in [-0.15, -0.1) is 0 Å². The fourth-order valence-corrected chi connectivity index (χ4v) is 3.41. The van der Waals surface area contributed by atoms with Gasteiger partial charge in [0.15, 0.2) is 0 Å². The highest BCUT2D eigenvalue weighted by Gasteiger charge is 2.13. The molecule has 132 valence electrons. The summed E-state index contributed by atoms with van der Waals surface area (Å²) in [5.41, 5.74) is 4.80. The highest BCUT2D eigenvalue weighted by Crippen LogP contribution is 2.26. The predicted octanol–water partition coefficient (Wildman–Crippen LogP) is 4.25. The fourth-order valence-electron chi connectivity index (χ4n) is 3.41. The summed E-state index contributed by atoms with van der Waals surface area (Å²) in [4.78, 5) is 22.9. The first kappa shape index (κ1) is 16.5. The highest BCUT2D eigenvalue weighted by molar-refractivity contribution is 5.89. The van der Waals surface area contributed by atoms with Gasteiger partial charge in [-0.25, -0.2) is 4.98 Å². The monoisotopic (exact) mass is 346 g/mol. The number of fused-ring (bicyclic) bond motifs is 1. The number of hydrogen-bond donors (Lipinski definition) is 1. The molecule has 1 aliphatic heterocycles. The van der Waals surface area contributed by atoms with Gasteiger partial charge in [0.2, 0.25) is 5.91 Å². The Morgan fingerprint density at radius 1 is 0.962 bits per heavy atom. The molecule has 0 atom stereocenters. The molecule has 0 saturated carbocycles. The van der Waals surface area contributed by atoms with E-state index in [1.54, 1.807) is 0 Å². The Balaban J connectivity index is 1.64. The van der Waals surface area contributed by atoms with E-state index in [9.17, 15) is 4.79 Å². The number of piperidine rings is 1. The van der Waals surface area contributed by atoms with Crippen LogP contribution in [-0.4, -0.2) is 29.0 Å². The van der Waals surface area contributed by atoms with Gasteiger partial charge in [0.1, 0.15) is 5.82 Å². The van der Waals surface area contributed by atoms with Crippen LogP contribution < -0.4 is 10.2 Å². The largest absolute Gasteiger partial charge is 0.355 e. The molecule has 1 saturated heterocycles. The van der Waals surface area contributed by atoms with Gasteiger partial charge in [-0.2, -0.15) is 0 Å². The second-order valence-electron chi connectivity index (χ2n) is 6.74. The molecule has 0 spiro atoms. The number of aromatic nitrogens is 2. The molecular formula is C21H22N4O. The number of carbonyl (C=O) groups excluding carboxylic acids is 1. The van der Waals surface area contributed by atoms with Gasteiger partial charge in [-0.1, -0.05) is 18.2 Å². The molecule has 0 bridgehead atoms. The number of carbonyl (C=O) groups is 1. The van der Waals surface area contributed by atoms with Crippen molar-refractivity contribution < 1.29 is 4.79 Å². The molecule has 5 heteroatoms. The van der Waals surface area contributed by atoms with E-state index in [-0.39, 0.29) is 5.91 Å². The molecule has 0 radical (unpaired) electrons. The third kappa shape index (κ3) is 3.52. The standard InChI is InChI=1S/C21H22N4O/c1-15(26)23-18-8-5-16(6-9-18)17-7-10-19-20(13-17)24-21(14-22-19)25-11-3-2-4-12-25/h5-10,13-14H,2-4,11-12H2,1H3,(H,23,26). The normalized spacial score (nSPS) is 14.4. The van der Waals surface area contributed by atoms with E-state index in [1.165, 1.54) is 26.2 Å². The summed E-state index contributed by atoms with van der Waals surface area (Å²) in [5, 5.41) is 2.79. The van der Waals surface area contributed by atoms with E-state index < -0.39 is 0 Å². The molecule has 2 heterocycles. The van der Waals surface area contributed by atoms with Crippen molar-refractivity contribution in [3.8, 4) is 11.1 Å². The molecule has 1 amide bonds. The Morgan fingerprint density at radius 3 is 2.42 bits per heavy atom. The lowest BCUT2D eigenvalue weighted by Crippen LogP contribution is -2.30. The first-order valence-corrected chi connectivity index (χ1v) is 9.09. The van der Waals surface area contributed by atoms with Gasteiger partial charge >= 0.3 is 0 Å². The lowest BCUT2D eigenvalue weighted by atomic mass is 10.0. The van der Waals surface area contributed by atoms with Gasteiger partial charge in [0, 0.05) is 25.7 Å². The third-order valence-corrected chi connectivity index (χ3v) is 4.75. The van der Waals surface area contributed by atoms with Crippen molar-refractivity contribution in [2.75, 3.05) is 23.3 Å². The third-order valence-electron chi connectivity index (χ3n) is 4.75. The molecule has 5 nitrogen and oxygen atoms in total. The van der Waals surface area contributed by atoms with Crippen LogP contribution in [0.25, 0.3) is 22.2 Å². The van der Waals surface area contributed by atoms with Crippen molar-refractivity contribution >= 4 is 28.4 Å². The molecule has 26 heavy (non-hydrogen) atoms. The molecule has 0 unspecified atom stereocenters. The van der Waals surface area contributed by atoms with Crippen LogP contribution in [0, 0.1) is 0 Å². The van der Waals surface area contributed by atoms with Crippen LogP contribution in [0.15, 0.2) is 48.7 Å². The number of amides is 1. The fraction of sp³-hybridized carbons (Fsp3) is 0.286. The minimum absolute atomic E-state index is 0.0658. The Labute approximate surface area is 153 Å². The van der Waals surface area contributed by atoms with Crippen molar-refractivity contribution in [1.82, 2.24) is 9.97 Å². The van der Waals surface area contributed by atoms with Gasteiger partial charge in [0.05, 0.1) is 17.2 Å². The van der Waals surface area contributed by atoms with E-state index in [4.69, 9.17) is 4.98 Å². The number of rotatable bonds is 3. The predicted molar refractivity (Wildman–Crippen MR) is 105 cm³/mol. The van der Waals surface area contributed by atoms with E-state index in [0.29, 0.717) is 0 Å². The maximum atomic E-state index is 11.1. The molecule has 1 aliphatic rings. The molecule has 2 aromatic carbocycles. The van der Waals surface area contributed by atoms with Crippen LogP contribution in [-0.2, 0) is 4.79 Å². The van der Waals surface area contributed by atoms with E-state index >= 15 is 0 Å². The first-order valence-electron chi connectivity index (χ1n) is 9.09. The SMILES string of the molecule is CC(=O)Nc1ccc(-c2ccc3ncc(N4CCCCC4)nc3c2)cc1. The summed E-state index contributed by atoms with van der Waals surface area (Å²) in [5.74, 6) is 0.902. The molecule has 3 aromatic rings. The maximum Gasteiger partial charge on any atom is 0.221 e. The van der Waals surface area contributed by atoms with Crippen molar-refractivity contribution in [3.63, 3.8) is 0 Å². The first-order chi connectivity index (χ1) is 12.7. The van der Waals surface area contributed by atoms with Crippen molar-refractivity contribution in [3.05, 3.63) is 48.7 Å². The van der Waals surface area contributed by atoms with Crippen LogP contribution in [0.4, 0.5) is 11.5 Å². The van der Waals surface area contributed by atoms with Crippen LogP contribution >= 0.6 is 0 Å². The summed E-state index contributed by atoms with van der Waals surface area (Å²) in [6.07, 6.45) is 5.63. The topological polar surface area (TPSA) is 58.1 Å². The molecule has 1 aromatic heterocycles. The molecular weight excluding hydrogens is 324 g/mol. The smallest absolute Gasteiger partial charge is 0.221 e. The number of nitrogens with zero attached hydrogens (tertiary/aromatic N) is 3. The number of nitrogens with one attached hydrogen (secondary N) is 1. The Hall–Kier alpha value is -2.95. The maximum absolute atomic E-state index is 11.1. The van der Waals surface area contributed by atoms with Gasteiger partial charge in [0.25, 0.3) is 0 Å². The lowest BCUT2D eigenvalue weighted by Gasteiger charge is -2.27. The second-order valence-corrected chi connectivity index (χ2v) is 6.74. The zero-order chi connectivity index (χ0) is 17.9. The van der Waals surface area contributed by atoms with Crippen LogP contribution in [0.2, 0.25) is 0 Å². The van der Waals surface area contributed by atoms with Crippen LogP contribution in [0.5, 0.6) is 0 Å². The van der Waals surface area contributed by atoms with Crippen molar-refractivity contribution in [1.29, 1.82) is 0 Å². The Morgan fingerprint density at radius 2 is 1.69 bits per heavy atom. The van der Waals surface area contributed by atoms with Crippen molar-refractivity contribution in [2.24, 2.45) is 0 Å². The number of benzene rings is 2. The zero-order valence-electron chi connectivity index (χ0n) is 14.9. The van der Waals surface area contributed by atoms with Gasteiger partial charge in [-0.3, -0.25) is 9.78 Å². The lowest BCUT2D eigenvalue weighted by molar-refractivity contribution is -0.114.